The van der Waals surface area contributed by atoms with E-state index >= 15 is 0 Å². The number of rotatable bonds is 5. The van der Waals surface area contributed by atoms with E-state index in [9.17, 15) is 4.79 Å². The summed E-state index contributed by atoms with van der Waals surface area (Å²) in [7, 11) is 1.95. The molecule has 0 spiro atoms. The highest BCUT2D eigenvalue weighted by Gasteiger charge is 2.17. The summed E-state index contributed by atoms with van der Waals surface area (Å²) < 4.78 is 3.86. The minimum Gasteiger partial charge on any atom is -0.351 e. The molecule has 1 aromatic carbocycles. The number of aromatic nitrogens is 4. The maximum Gasteiger partial charge on any atom is 0.261 e. The van der Waals surface area contributed by atoms with Crippen LogP contribution in [0.1, 0.15) is 21.2 Å². The van der Waals surface area contributed by atoms with Gasteiger partial charge in [-0.1, -0.05) is 18.2 Å². The van der Waals surface area contributed by atoms with E-state index in [1.807, 2.05) is 65.8 Å². The molecular formula is C19H19N5OS. The van der Waals surface area contributed by atoms with Crippen molar-refractivity contribution >= 4 is 27.5 Å². The molecule has 0 saturated heterocycles. The fourth-order valence-electron chi connectivity index (χ4n) is 2.92. The van der Waals surface area contributed by atoms with E-state index in [-0.39, 0.29) is 5.91 Å². The van der Waals surface area contributed by atoms with Gasteiger partial charge in [0, 0.05) is 37.8 Å². The summed E-state index contributed by atoms with van der Waals surface area (Å²) in [5, 5.41) is 8.61. The van der Waals surface area contributed by atoms with Crippen molar-refractivity contribution in [2.24, 2.45) is 7.05 Å². The summed E-state index contributed by atoms with van der Waals surface area (Å²) in [5.41, 5.74) is 1.92. The third kappa shape index (κ3) is 3.01. The molecule has 4 aromatic rings. The Kier molecular flexibility index (Phi) is 4.30. The Bertz CT molecular complexity index is 1060. The van der Waals surface area contributed by atoms with Gasteiger partial charge in [-0.25, -0.2) is 9.67 Å². The van der Waals surface area contributed by atoms with E-state index in [2.05, 4.69) is 15.4 Å². The number of imidazole rings is 1. The number of carbonyl (C=O) groups is 1. The summed E-state index contributed by atoms with van der Waals surface area (Å²) in [4.78, 5) is 18.5. The number of hydrogen-bond acceptors (Lipinski definition) is 4. The van der Waals surface area contributed by atoms with Gasteiger partial charge < -0.3 is 9.88 Å². The first kappa shape index (κ1) is 16.5. The first-order chi connectivity index (χ1) is 12.6. The molecule has 1 N–H and O–H groups in total. The van der Waals surface area contributed by atoms with Crippen LogP contribution in [0.4, 0.5) is 0 Å². The molecule has 1 amide bonds. The largest absolute Gasteiger partial charge is 0.351 e. The van der Waals surface area contributed by atoms with Crippen LogP contribution in [0.3, 0.4) is 0 Å². The highest BCUT2D eigenvalue weighted by Crippen LogP contribution is 2.30. The van der Waals surface area contributed by atoms with Crippen LogP contribution in [0.2, 0.25) is 0 Å². The lowest BCUT2D eigenvalue weighted by Crippen LogP contribution is -2.25. The molecule has 26 heavy (non-hydrogen) atoms. The average molecular weight is 365 g/mol. The molecule has 0 aliphatic rings. The third-order valence-electron chi connectivity index (χ3n) is 4.32. The lowest BCUT2D eigenvalue weighted by atomic mass is 10.3. The van der Waals surface area contributed by atoms with E-state index in [0.717, 1.165) is 27.4 Å². The Morgan fingerprint density at radius 2 is 2.08 bits per heavy atom. The number of nitrogens with zero attached hydrogens (tertiary/aromatic N) is 4. The second-order valence-electron chi connectivity index (χ2n) is 6.12. The first-order valence-electron chi connectivity index (χ1n) is 8.42. The predicted molar refractivity (Wildman–Crippen MR) is 103 cm³/mol. The topological polar surface area (TPSA) is 64.7 Å². The fourth-order valence-corrected chi connectivity index (χ4v) is 4.01. The second kappa shape index (κ2) is 6.76. The summed E-state index contributed by atoms with van der Waals surface area (Å²) in [6.07, 6.45) is 4.37. The van der Waals surface area contributed by atoms with Gasteiger partial charge in [-0.05, 0) is 25.1 Å². The monoisotopic (exact) mass is 365 g/mol. The molecule has 132 valence electrons. The van der Waals surface area contributed by atoms with Gasteiger partial charge in [-0.3, -0.25) is 4.79 Å². The maximum atomic E-state index is 12.5. The van der Waals surface area contributed by atoms with Crippen LogP contribution in [0, 0.1) is 6.92 Å². The molecule has 6 nitrogen and oxygen atoms in total. The molecule has 0 aliphatic carbocycles. The summed E-state index contributed by atoms with van der Waals surface area (Å²) in [5.74, 6) is 0.900. The number of carbonyl (C=O) groups excluding carboxylic acids is 1. The minimum absolute atomic E-state index is 0.0561. The summed E-state index contributed by atoms with van der Waals surface area (Å²) in [6.45, 7) is 2.53. The molecule has 0 unspecified atom stereocenters. The van der Waals surface area contributed by atoms with Crippen molar-refractivity contribution in [1.82, 2.24) is 24.6 Å². The van der Waals surface area contributed by atoms with Gasteiger partial charge in [0.05, 0.1) is 16.3 Å². The number of hydrogen-bond donors (Lipinski definition) is 1. The quantitative estimate of drug-likeness (QED) is 0.591. The molecule has 0 fully saturated rings. The highest BCUT2D eigenvalue weighted by molar-refractivity contribution is 7.20. The zero-order chi connectivity index (χ0) is 18.1. The molecule has 7 heteroatoms. The molecule has 0 saturated carbocycles. The molecule has 3 aromatic heterocycles. The Morgan fingerprint density at radius 3 is 2.81 bits per heavy atom. The van der Waals surface area contributed by atoms with Gasteiger partial charge in [-0.2, -0.15) is 5.10 Å². The number of nitrogens with one attached hydrogen (secondary N) is 1. The molecule has 4 rings (SSSR count). The van der Waals surface area contributed by atoms with Crippen molar-refractivity contribution in [3.05, 3.63) is 65.2 Å². The van der Waals surface area contributed by atoms with Crippen molar-refractivity contribution in [3.63, 3.8) is 0 Å². The SMILES string of the molecule is Cc1nn(-c2ccccc2)c2sc(C(=O)NCCc3nccn3C)cc12. The lowest BCUT2D eigenvalue weighted by Gasteiger charge is -2.04. The second-order valence-corrected chi connectivity index (χ2v) is 7.15. The fraction of sp³-hybridized carbons (Fsp3) is 0.211. The number of aryl methyl sites for hydroxylation is 2. The maximum absolute atomic E-state index is 12.5. The van der Waals surface area contributed by atoms with Gasteiger partial charge in [0.15, 0.2) is 0 Å². The minimum atomic E-state index is -0.0561. The number of thiophene rings is 1. The van der Waals surface area contributed by atoms with Crippen LogP contribution in [0.5, 0.6) is 0 Å². The Balaban J connectivity index is 1.54. The molecule has 0 radical (unpaired) electrons. The van der Waals surface area contributed by atoms with Gasteiger partial charge in [-0.15, -0.1) is 11.3 Å². The zero-order valence-electron chi connectivity index (χ0n) is 14.6. The Hall–Kier alpha value is -2.93. The molecule has 3 heterocycles. The van der Waals surface area contributed by atoms with E-state index in [1.165, 1.54) is 11.3 Å². The van der Waals surface area contributed by atoms with E-state index < -0.39 is 0 Å². The molecule has 0 atom stereocenters. The van der Waals surface area contributed by atoms with Crippen LogP contribution in [0.15, 0.2) is 48.8 Å². The van der Waals surface area contributed by atoms with E-state index in [4.69, 9.17) is 0 Å². The molecule has 0 aliphatic heterocycles. The zero-order valence-corrected chi connectivity index (χ0v) is 15.5. The predicted octanol–water partition coefficient (Wildman–Crippen LogP) is 3.10. The Morgan fingerprint density at radius 1 is 1.27 bits per heavy atom. The van der Waals surface area contributed by atoms with Crippen LogP contribution in [-0.4, -0.2) is 31.8 Å². The van der Waals surface area contributed by atoms with Crippen molar-refractivity contribution in [1.29, 1.82) is 0 Å². The molecule has 0 bridgehead atoms. The van der Waals surface area contributed by atoms with Crippen LogP contribution >= 0.6 is 11.3 Å². The van der Waals surface area contributed by atoms with Crippen molar-refractivity contribution in [3.8, 4) is 5.69 Å². The third-order valence-corrected chi connectivity index (χ3v) is 5.43. The molecular weight excluding hydrogens is 346 g/mol. The normalized spacial score (nSPS) is 11.2. The smallest absolute Gasteiger partial charge is 0.261 e. The average Bonchev–Trinajstić information content (AvgIpc) is 3.33. The number of benzene rings is 1. The van der Waals surface area contributed by atoms with Crippen LogP contribution in [-0.2, 0) is 13.5 Å². The van der Waals surface area contributed by atoms with Gasteiger partial charge in [0.25, 0.3) is 5.91 Å². The van der Waals surface area contributed by atoms with Gasteiger partial charge in [0.2, 0.25) is 0 Å². The van der Waals surface area contributed by atoms with Crippen LogP contribution < -0.4 is 5.32 Å². The first-order valence-corrected chi connectivity index (χ1v) is 9.24. The van der Waals surface area contributed by atoms with Crippen molar-refractivity contribution < 1.29 is 4.79 Å². The van der Waals surface area contributed by atoms with Crippen LogP contribution in [0.25, 0.3) is 15.9 Å². The summed E-state index contributed by atoms with van der Waals surface area (Å²) in [6, 6.07) is 11.9. The summed E-state index contributed by atoms with van der Waals surface area (Å²) >= 11 is 1.47. The standard InChI is InChI=1S/C19H19N5OS/c1-13-15-12-16(18(25)21-9-8-17-20-10-11-23(17)2)26-19(15)24(22-13)14-6-4-3-5-7-14/h3-7,10-12H,8-9H2,1-2H3,(H,21,25). The number of fused-ring (bicyclic) bond motifs is 1. The van der Waals surface area contributed by atoms with Crippen molar-refractivity contribution in [2.75, 3.05) is 6.54 Å². The number of para-hydroxylation sites is 1. The number of amides is 1. The van der Waals surface area contributed by atoms with Gasteiger partial charge >= 0.3 is 0 Å². The Labute approximate surface area is 155 Å². The van der Waals surface area contributed by atoms with E-state index in [0.29, 0.717) is 17.8 Å². The lowest BCUT2D eigenvalue weighted by molar-refractivity contribution is 0.0958. The van der Waals surface area contributed by atoms with E-state index in [1.54, 1.807) is 6.20 Å². The highest BCUT2D eigenvalue weighted by atomic mass is 32.1. The van der Waals surface area contributed by atoms with Crippen molar-refractivity contribution in [2.45, 2.75) is 13.3 Å². The van der Waals surface area contributed by atoms with Gasteiger partial charge in [0.1, 0.15) is 10.7 Å².